The number of hydrogen-bond acceptors (Lipinski definition) is 6. The van der Waals surface area contributed by atoms with E-state index >= 15 is 0 Å². The second kappa shape index (κ2) is 10.0. The summed E-state index contributed by atoms with van der Waals surface area (Å²) in [6.45, 7) is 0.256. The van der Waals surface area contributed by atoms with Crippen molar-refractivity contribution in [3.8, 4) is 11.5 Å². The Morgan fingerprint density at radius 3 is 2.66 bits per heavy atom. The molecule has 35 heavy (non-hydrogen) atoms. The first-order valence-electron chi connectivity index (χ1n) is 11.6. The monoisotopic (exact) mass is 492 g/mol. The summed E-state index contributed by atoms with van der Waals surface area (Å²) in [5.74, 6) is 0.644. The lowest BCUT2D eigenvalue weighted by Gasteiger charge is -2.20. The number of carbonyl (C=O) groups excluding carboxylic acids is 1. The number of nitrogens with one attached hydrogen (secondary N) is 1. The van der Waals surface area contributed by atoms with Gasteiger partial charge in [0.05, 0.1) is 12.7 Å². The molecule has 0 radical (unpaired) electrons. The highest BCUT2D eigenvalue weighted by Crippen LogP contribution is 2.36. The SMILES string of the molecule is COc1cc(/C=C2\C(=N)N3N=C(C4CCCCC4)SC3=NC2=O)ccc1OCc1ccc(F)cc1. The molecule has 2 aromatic carbocycles. The molecular formula is C26H25FN4O3S. The molecule has 2 heterocycles. The number of aliphatic imine (C=N–C) groups is 1. The molecule has 3 aliphatic rings. The number of amidine groups is 2. The van der Waals surface area contributed by atoms with E-state index in [-0.39, 0.29) is 23.8 Å². The molecule has 1 N–H and O–H groups in total. The molecule has 1 saturated carbocycles. The Morgan fingerprint density at radius 1 is 1.14 bits per heavy atom. The molecule has 1 fully saturated rings. The van der Waals surface area contributed by atoms with Crippen molar-refractivity contribution >= 4 is 39.8 Å². The number of methoxy groups -OCH3 is 1. The van der Waals surface area contributed by atoms with E-state index < -0.39 is 5.91 Å². The highest BCUT2D eigenvalue weighted by atomic mass is 32.2. The first-order valence-corrected chi connectivity index (χ1v) is 12.4. The zero-order valence-electron chi connectivity index (χ0n) is 19.3. The standard InChI is InChI=1S/C26H25FN4O3S/c1-33-22-14-17(9-12-21(22)34-15-16-7-10-19(27)11-8-16)13-20-23(28)31-26(29-24(20)32)35-25(30-31)18-5-3-2-4-6-18/h7-14,18,28H,2-6,15H2,1H3/b20-13+,28-23?. The minimum absolute atomic E-state index is 0.0221. The van der Waals surface area contributed by atoms with E-state index in [1.807, 2.05) is 0 Å². The number of amides is 1. The maximum atomic E-state index is 13.1. The van der Waals surface area contributed by atoms with Crippen molar-refractivity contribution in [1.29, 1.82) is 5.41 Å². The van der Waals surface area contributed by atoms with E-state index in [4.69, 9.17) is 14.9 Å². The van der Waals surface area contributed by atoms with Gasteiger partial charge in [-0.15, -0.1) is 0 Å². The lowest BCUT2D eigenvalue weighted by Crippen LogP contribution is -2.35. The molecule has 0 atom stereocenters. The number of rotatable bonds is 6. The van der Waals surface area contributed by atoms with Crippen LogP contribution in [-0.4, -0.2) is 34.1 Å². The summed E-state index contributed by atoms with van der Waals surface area (Å²) in [7, 11) is 1.53. The molecule has 0 unspecified atom stereocenters. The fraction of sp³-hybridized carbons (Fsp3) is 0.308. The van der Waals surface area contributed by atoms with Crippen molar-refractivity contribution in [1.82, 2.24) is 5.01 Å². The van der Waals surface area contributed by atoms with Gasteiger partial charge in [0.2, 0.25) is 5.17 Å². The summed E-state index contributed by atoms with van der Waals surface area (Å²) in [6, 6.07) is 11.4. The molecule has 2 aliphatic heterocycles. The second-order valence-corrected chi connectivity index (χ2v) is 9.61. The fourth-order valence-electron chi connectivity index (χ4n) is 4.32. The summed E-state index contributed by atoms with van der Waals surface area (Å²) in [5.41, 5.74) is 1.67. The predicted molar refractivity (Wildman–Crippen MR) is 135 cm³/mol. The van der Waals surface area contributed by atoms with Crippen LogP contribution >= 0.6 is 11.8 Å². The van der Waals surface area contributed by atoms with E-state index in [2.05, 4.69) is 10.1 Å². The summed E-state index contributed by atoms with van der Waals surface area (Å²) < 4.78 is 24.4. The molecule has 0 saturated heterocycles. The minimum atomic E-state index is -0.454. The number of fused-ring (bicyclic) bond motifs is 1. The molecule has 0 bridgehead atoms. The average molecular weight is 493 g/mol. The Kier molecular flexibility index (Phi) is 6.68. The quantitative estimate of drug-likeness (QED) is 0.530. The maximum absolute atomic E-state index is 13.1. The van der Waals surface area contributed by atoms with Crippen molar-refractivity contribution in [2.45, 2.75) is 38.7 Å². The third-order valence-electron chi connectivity index (χ3n) is 6.23. The normalized spacial score (nSPS) is 19.5. The van der Waals surface area contributed by atoms with Crippen molar-refractivity contribution in [3.63, 3.8) is 0 Å². The number of ether oxygens (including phenoxy) is 2. The molecule has 9 heteroatoms. The smallest absolute Gasteiger partial charge is 0.283 e. The van der Waals surface area contributed by atoms with Gasteiger partial charge in [0.1, 0.15) is 17.5 Å². The van der Waals surface area contributed by atoms with Crippen LogP contribution in [0.5, 0.6) is 11.5 Å². The van der Waals surface area contributed by atoms with Gasteiger partial charge in [0.15, 0.2) is 17.3 Å². The van der Waals surface area contributed by atoms with Crippen LogP contribution in [0.25, 0.3) is 6.08 Å². The van der Waals surface area contributed by atoms with Crippen LogP contribution in [0.1, 0.15) is 43.2 Å². The van der Waals surface area contributed by atoms with Crippen LogP contribution in [-0.2, 0) is 11.4 Å². The molecule has 0 aromatic heterocycles. The summed E-state index contributed by atoms with van der Waals surface area (Å²) in [4.78, 5) is 17.0. The van der Waals surface area contributed by atoms with E-state index in [9.17, 15) is 9.18 Å². The highest BCUT2D eigenvalue weighted by Gasteiger charge is 2.37. The number of benzene rings is 2. The molecule has 5 rings (SSSR count). The van der Waals surface area contributed by atoms with Crippen molar-refractivity contribution < 1.29 is 18.7 Å². The van der Waals surface area contributed by atoms with E-state index in [0.29, 0.717) is 28.1 Å². The lowest BCUT2D eigenvalue weighted by molar-refractivity contribution is -0.114. The number of hydrazone groups is 1. The van der Waals surface area contributed by atoms with Crippen molar-refractivity contribution in [2.24, 2.45) is 16.0 Å². The van der Waals surface area contributed by atoms with Crippen LogP contribution in [0.3, 0.4) is 0 Å². The van der Waals surface area contributed by atoms with Gasteiger partial charge in [-0.3, -0.25) is 10.2 Å². The van der Waals surface area contributed by atoms with Gasteiger partial charge in [-0.2, -0.15) is 15.1 Å². The van der Waals surface area contributed by atoms with Gasteiger partial charge >= 0.3 is 0 Å². The van der Waals surface area contributed by atoms with Crippen LogP contribution in [0.2, 0.25) is 0 Å². The molecule has 7 nitrogen and oxygen atoms in total. The number of carbonyl (C=O) groups is 1. The number of thioether (sulfide) groups is 1. The summed E-state index contributed by atoms with van der Waals surface area (Å²) in [6.07, 6.45) is 7.42. The molecule has 2 aromatic rings. The number of halogens is 1. The average Bonchev–Trinajstić information content (AvgIpc) is 3.31. The van der Waals surface area contributed by atoms with Crippen LogP contribution < -0.4 is 9.47 Å². The summed E-state index contributed by atoms with van der Waals surface area (Å²) in [5, 5.41) is 16.2. The zero-order chi connectivity index (χ0) is 24.4. The van der Waals surface area contributed by atoms with Gasteiger partial charge in [0.25, 0.3) is 5.91 Å². The van der Waals surface area contributed by atoms with Crippen molar-refractivity contribution in [3.05, 3.63) is 65.0 Å². The Hall–Kier alpha value is -3.46. The number of nitrogens with zero attached hydrogens (tertiary/aromatic N) is 3. The Bertz CT molecular complexity index is 1250. The lowest BCUT2D eigenvalue weighted by atomic mass is 9.90. The first-order chi connectivity index (χ1) is 17.0. The Morgan fingerprint density at radius 2 is 1.91 bits per heavy atom. The largest absolute Gasteiger partial charge is 0.493 e. The third kappa shape index (κ3) is 5.00. The van der Waals surface area contributed by atoms with Gasteiger partial charge < -0.3 is 9.47 Å². The Balaban J connectivity index is 1.34. The van der Waals surface area contributed by atoms with Crippen LogP contribution in [0.15, 0.2) is 58.1 Å². The maximum Gasteiger partial charge on any atom is 0.283 e. The highest BCUT2D eigenvalue weighted by molar-refractivity contribution is 8.27. The first kappa shape index (κ1) is 23.3. The second-order valence-electron chi connectivity index (χ2n) is 8.62. The zero-order valence-corrected chi connectivity index (χ0v) is 20.1. The summed E-state index contributed by atoms with van der Waals surface area (Å²) >= 11 is 1.41. The molecule has 1 amide bonds. The molecule has 0 spiro atoms. The fourth-order valence-corrected chi connectivity index (χ4v) is 5.38. The van der Waals surface area contributed by atoms with Crippen LogP contribution in [0.4, 0.5) is 4.39 Å². The van der Waals surface area contributed by atoms with E-state index in [1.165, 1.54) is 55.3 Å². The van der Waals surface area contributed by atoms with E-state index in [0.717, 1.165) is 23.4 Å². The molecule has 1 aliphatic carbocycles. The van der Waals surface area contributed by atoms with Gasteiger partial charge in [-0.1, -0.05) is 37.5 Å². The van der Waals surface area contributed by atoms with E-state index in [1.54, 1.807) is 36.4 Å². The topological polar surface area (TPSA) is 87.3 Å². The van der Waals surface area contributed by atoms with Gasteiger partial charge in [-0.25, -0.2) is 4.39 Å². The van der Waals surface area contributed by atoms with Crippen LogP contribution in [0, 0.1) is 17.1 Å². The molecular weight excluding hydrogens is 467 g/mol. The van der Waals surface area contributed by atoms with Gasteiger partial charge in [-0.05, 0) is 66.1 Å². The van der Waals surface area contributed by atoms with Crippen molar-refractivity contribution in [2.75, 3.05) is 7.11 Å². The predicted octanol–water partition coefficient (Wildman–Crippen LogP) is 5.61. The third-order valence-corrected chi connectivity index (χ3v) is 7.30. The molecule has 180 valence electrons. The Labute approximate surface area is 207 Å². The minimum Gasteiger partial charge on any atom is -0.493 e. The number of hydrogen-bond donors (Lipinski definition) is 1. The van der Waals surface area contributed by atoms with Gasteiger partial charge in [0, 0.05) is 5.92 Å².